The van der Waals surface area contributed by atoms with Crippen LogP contribution in [-0.2, 0) is 20.2 Å². The van der Waals surface area contributed by atoms with Gasteiger partial charge in [-0.3, -0.25) is 0 Å². The van der Waals surface area contributed by atoms with Crippen LogP contribution in [0.2, 0.25) is 5.02 Å². The van der Waals surface area contributed by atoms with Gasteiger partial charge < -0.3 is 9.69 Å². The quantitative estimate of drug-likeness (QED) is 0.498. The predicted octanol–water partition coefficient (Wildman–Crippen LogP) is 4.33. The van der Waals surface area contributed by atoms with Gasteiger partial charge in [0.25, 0.3) is 0 Å². The highest BCUT2D eigenvalue weighted by Gasteiger charge is 2.34. The first-order valence-corrected chi connectivity index (χ1v) is 13.0. The summed E-state index contributed by atoms with van der Waals surface area (Å²) in [4.78, 5) is 20.4. The number of aldehydes is 1. The van der Waals surface area contributed by atoms with Crippen molar-refractivity contribution in [3.05, 3.63) is 58.6 Å². The first-order chi connectivity index (χ1) is 15.2. The van der Waals surface area contributed by atoms with E-state index in [0.717, 1.165) is 58.9 Å². The Bertz CT molecular complexity index is 1220. The number of carbonyl (C=O) groups excluding carboxylic acids is 1. The lowest BCUT2D eigenvalue weighted by molar-refractivity contribution is -0.112. The van der Waals surface area contributed by atoms with Crippen LogP contribution < -0.4 is 5.14 Å². The van der Waals surface area contributed by atoms with Crippen molar-refractivity contribution in [3.63, 3.8) is 0 Å². The number of carbonyl (C=O) groups is 1. The highest BCUT2D eigenvalue weighted by Crippen LogP contribution is 2.41. The summed E-state index contributed by atoms with van der Waals surface area (Å²) in [5.74, 6) is 0. The van der Waals surface area contributed by atoms with Crippen LogP contribution in [-0.4, -0.2) is 44.2 Å². The molecule has 0 spiro atoms. The summed E-state index contributed by atoms with van der Waals surface area (Å²) in [5.41, 5.74) is 1.67. The third kappa shape index (κ3) is 4.79. The molecule has 1 aromatic heterocycles. The summed E-state index contributed by atoms with van der Waals surface area (Å²) in [5, 5.41) is 6.60. The van der Waals surface area contributed by atoms with Gasteiger partial charge >= 0.3 is 0 Å². The van der Waals surface area contributed by atoms with E-state index in [4.69, 9.17) is 21.7 Å². The molecule has 6 nitrogen and oxygen atoms in total. The molecule has 2 N–H and O–H groups in total. The maximum absolute atomic E-state index is 12.3. The Kier molecular flexibility index (Phi) is 6.51. The number of likely N-dealkylation sites (tertiary alicyclic amines) is 1. The van der Waals surface area contributed by atoms with Gasteiger partial charge in [0, 0.05) is 17.1 Å². The number of hydrogen-bond donors (Lipinski definition) is 1. The number of primary sulfonamides is 1. The molecular weight excluding hydrogens is 466 g/mol. The second-order valence-corrected chi connectivity index (χ2v) is 11.3. The average molecular weight is 490 g/mol. The average Bonchev–Trinajstić information content (AvgIpc) is 3.44. The molecule has 168 valence electrons. The fourth-order valence-corrected chi connectivity index (χ4v) is 5.75. The number of thiazole rings is 1. The van der Waals surface area contributed by atoms with Crippen LogP contribution in [0, 0.1) is 0 Å². The Hall–Kier alpha value is -2.10. The number of hydrogen-bond acceptors (Lipinski definition) is 6. The van der Waals surface area contributed by atoms with Gasteiger partial charge in [-0.15, -0.1) is 11.3 Å². The van der Waals surface area contributed by atoms with Crippen molar-refractivity contribution in [3.8, 4) is 21.7 Å². The van der Waals surface area contributed by atoms with Gasteiger partial charge in [-0.2, -0.15) is 0 Å². The number of aromatic nitrogens is 1. The molecule has 32 heavy (non-hydrogen) atoms. The van der Waals surface area contributed by atoms with E-state index >= 15 is 0 Å². The van der Waals surface area contributed by atoms with E-state index < -0.39 is 15.4 Å². The van der Waals surface area contributed by atoms with E-state index in [2.05, 4.69) is 4.90 Å². The van der Waals surface area contributed by atoms with Crippen molar-refractivity contribution in [2.75, 3.05) is 19.6 Å². The molecule has 0 radical (unpaired) electrons. The summed E-state index contributed by atoms with van der Waals surface area (Å²) in [6, 6.07) is 13.8. The Morgan fingerprint density at radius 2 is 1.69 bits per heavy atom. The van der Waals surface area contributed by atoms with E-state index in [1.165, 1.54) is 23.5 Å². The largest absolute Gasteiger partial charge is 0.302 e. The molecule has 1 atom stereocenters. The SMILES string of the molecule is CC(C=O)(CN1CCCC1)c1nc(-c2ccc(Cl)cc2)c(-c2ccc(S(N)(=O)=O)cc2)s1. The van der Waals surface area contributed by atoms with Crippen molar-refractivity contribution in [1.29, 1.82) is 0 Å². The zero-order valence-corrected chi connectivity index (χ0v) is 20.0. The van der Waals surface area contributed by atoms with Crippen molar-refractivity contribution in [1.82, 2.24) is 9.88 Å². The monoisotopic (exact) mass is 489 g/mol. The molecule has 0 bridgehead atoms. The van der Waals surface area contributed by atoms with Gasteiger partial charge in [-0.25, -0.2) is 18.5 Å². The molecule has 0 aliphatic carbocycles. The van der Waals surface area contributed by atoms with Crippen LogP contribution in [0.25, 0.3) is 21.7 Å². The number of nitrogens with two attached hydrogens (primary N) is 1. The maximum Gasteiger partial charge on any atom is 0.238 e. The van der Waals surface area contributed by atoms with Gasteiger partial charge in [0.1, 0.15) is 11.3 Å². The molecule has 3 aromatic rings. The fraction of sp³-hybridized carbons (Fsp3) is 0.304. The number of halogens is 1. The minimum atomic E-state index is -3.78. The highest BCUT2D eigenvalue weighted by atomic mass is 35.5. The zero-order chi connectivity index (χ0) is 22.9. The smallest absolute Gasteiger partial charge is 0.238 e. The maximum atomic E-state index is 12.3. The summed E-state index contributed by atoms with van der Waals surface area (Å²) >= 11 is 7.53. The lowest BCUT2D eigenvalue weighted by Crippen LogP contribution is -2.38. The number of nitrogens with zero attached hydrogens (tertiary/aromatic N) is 2. The van der Waals surface area contributed by atoms with Gasteiger partial charge in [-0.1, -0.05) is 35.9 Å². The van der Waals surface area contributed by atoms with Crippen LogP contribution >= 0.6 is 22.9 Å². The van der Waals surface area contributed by atoms with Crippen LogP contribution in [0.1, 0.15) is 24.8 Å². The highest BCUT2D eigenvalue weighted by molar-refractivity contribution is 7.89. The number of rotatable bonds is 7. The molecule has 0 amide bonds. The normalized spacial score (nSPS) is 16.7. The van der Waals surface area contributed by atoms with Crippen molar-refractivity contribution < 1.29 is 13.2 Å². The van der Waals surface area contributed by atoms with E-state index in [9.17, 15) is 13.2 Å². The molecule has 9 heteroatoms. The molecule has 1 saturated heterocycles. The first kappa shape index (κ1) is 23.1. The molecule has 2 aromatic carbocycles. The molecule has 1 aliphatic rings. The zero-order valence-electron chi connectivity index (χ0n) is 17.6. The van der Waals surface area contributed by atoms with E-state index in [1.54, 1.807) is 24.3 Å². The summed E-state index contributed by atoms with van der Waals surface area (Å²) in [6.07, 6.45) is 3.28. The summed E-state index contributed by atoms with van der Waals surface area (Å²) in [6.45, 7) is 4.52. The predicted molar refractivity (Wildman–Crippen MR) is 128 cm³/mol. The first-order valence-electron chi connectivity index (χ1n) is 10.3. The molecular formula is C23H24ClN3O3S2. The molecule has 1 unspecified atom stereocenters. The van der Waals surface area contributed by atoms with Gasteiger partial charge in [0.05, 0.1) is 20.9 Å². The third-order valence-electron chi connectivity index (χ3n) is 5.69. The Morgan fingerprint density at radius 3 is 2.25 bits per heavy atom. The van der Waals surface area contributed by atoms with Crippen LogP contribution in [0.15, 0.2) is 53.4 Å². The van der Waals surface area contributed by atoms with E-state index in [0.29, 0.717) is 11.6 Å². The van der Waals surface area contributed by atoms with Gasteiger partial charge in [0.2, 0.25) is 10.0 Å². The van der Waals surface area contributed by atoms with Crippen LogP contribution in [0.3, 0.4) is 0 Å². The minimum absolute atomic E-state index is 0.0470. The second kappa shape index (κ2) is 9.03. The second-order valence-electron chi connectivity index (χ2n) is 8.29. The van der Waals surface area contributed by atoms with Crippen molar-refractivity contribution in [2.24, 2.45) is 5.14 Å². The van der Waals surface area contributed by atoms with E-state index in [-0.39, 0.29) is 4.90 Å². The van der Waals surface area contributed by atoms with E-state index in [1.807, 2.05) is 19.1 Å². The Balaban J connectivity index is 1.81. The summed E-state index contributed by atoms with van der Waals surface area (Å²) in [7, 11) is -3.78. The molecule has 2 heterocycles. The number of sulfonamides is 1. The topological polar surface area (TPSA) is 93.4 Å². The van der Waals surface area contributed by atoms with Gasteiger partial charge in [-0.05, 0) is 62.7 Å². The van der Waals surface area contributed by atoms with Crippen molar-refractivity contribution >= 4 is 39.2 Å². The minimum Gasteiger partial charge on any atom is -0.302 e. The summed E-state index contributed by atoms with van der Waals surface area (Å²) < 4.78 is 23.3. The van der Waals surface area contributed by atoms with Crippen molar-refractivity contribution in [2.45, 2.75) is 30.1 Å². The lowest BCUT2D eigenvalue weighted by Gasteiger charge is -2.26. The Morgan fingerprint density at radius 1 is 1.09 bits per heavy atom. The fourth-order valence-electron chi connectivity index (χ4n) is 3.92. The molecule has 1 fully saturated rings. The Labute approximate surface area is 197 Å². The van der Waals surface area contributed by atoms with Gasteiger partial charge in [0.15, 0.2) is 0 Å². The molecule has 1 aliphatic heterocycles. The van der Waals surface area contributed by atoms with Crippen LogP contribution in [0.5, 0.6) is 0 Å². The molecule has 4 rings (SSSR count). The molecule has 0 saturated carbocycles. The standard InChI is InChI=1S/C23H24ClN3O3S2/c1-23(15-28,14-27-12-2-3-13-27)22-26-20(16-4-8-18(24)9-5-16)21(31-22)17-6-10-19(11-7-17)32(25,29)30/h4-11,15H,2-3,12-14H2,1H3,(H2,25,29,30). The third-order valence-corrected chi connectivity index (χ3v) is 8.25. The lowest BCUT2D eigenvalue weighted by atomic mass is 9.93. The van der Waals surface area contributed by atoms with Crippen LogP contribution in [0.4, 0.5) is 0 Å². The number of benzene rings is 2.